The third-order valence-electron chi connectivity index (χ3n) is 4.16. The zero-order valence-electron chi connectivity index (χ0n) is 19.0. The van der Waals surface area contributed by atoms with Crippen molar-refractivity contribution in [1.29, 1.82) is 5.26 Å². The lowest BCUT2D eigenvalue weighted by molar-refractivity contribution is 0.128. The quantitative estimate of drug-likeness (QED) is 0.272. The van der Waals surface area contributed by atoms with E-state index in [4.69, 9.17) is 20.5 Å². The van der Waals surface area contributed by atoms with Gasteiger partial charge in [-0.2, -0.15) is 5.26 Å². The minimum atomic E-state index is -0.494. The van der Waals surface area contributed by atoms with E-state index in [0.29, 0.717) is 23.3 Å². The van der Waals surface area contributed by atoms with Crippen molar-refractivity contribution in [2.45, 2.75) is 40.7 Å². The van der Waals surface area contributed by atoms with Gasteiger partial charge in [0.2, 0.25) is 0 Å². The molecule has 1 atom stereocenters. The monoisotopic (exact) mass is 407 g/mol. The predicted octanol–water partition coefficient (Wildman–Crippen LogP) is 5.37. The molecule has 0 saturated heterocycles. The van der Waals surface area contributed by atoms with Gasteiger partial charge in [0, 0.05) is 0 Å². The maximum absolute atomic E-state index is 8.97. The van der Waals surface area contributed by atoms with E-state index in [1.54, 1.807) is 12.1 Å². The topological polar surface area (TPSA) is 80.6 Å². The molecule has 160 valence electrons. The Kier molecular flexibility index (Phi) is 9.14. The fourth-order valence-corrected chi connectivity index (χ4v) is 2.54. The summed E-state index contributed by atoms with van der Waals surface area (Å²) in [5.74, 6) is 0.742. The van der Waals surface area contributed by atoms with Crippen LogP contribution >= 0.6 is 0 Å². The van der Waals surface area contributed by atoms with Crippen molar-refractivity contribution in [2.24, 2.45) is 16.1 Å². The first kappa shape index (κ1) is 24.8. The second-order valence-corrected chi connectivity index (χ2v) is 8.34. The Morgan fingerprint density at radius 3 is 2.23 bits per heavy atom. The lowest BCUT2D eigenvalue weighted by Gasteiger charge is -2.20. The molecule has 0 fully saturated rings. The number of ether oxygens (including phenoxy) is 2. The van der Waals surface area contributed by atoms with E-state index in [2.05, 4.69) is 45.0 Å². The highest BCUT2D eigenvalue weighted by Gasteiger charge is 2.16. The van der Waals surface area contributed by atoms with E-state index >= 15 is 0 Å². The van der Waals surface area contributed by atoms with Gasteiger partial charge in [0.25, 0.3) is 6.02 Å². The van der Waals surface area contributed by atoms with Gasteiger partial charge in [-0.1, -0.05) is 52.1 Å². The number of amidine groups is 1. The fourth-order valence-electron chi connectivity index (χ4n) is 2.54. The summed E-state index contributed by atoms with van der Waals surface area (Å²) in [6, 6.07) is 9.05. The largest absolute Gasteiger partial charge is 0.498 e. The Balaban J connectivity index is 3.12. The van der Waals surface area contributed by atoms with Crippen LogP contribution < -0.4 is 5.73 Å². The van der Waals surface area contributed by atoms with Gasteiger partial charge in [-0.05, 0) is 59.8 Å². The van der Waals surface area contributed by atoms with E-state index in [1.807, 2.05) is 38.1 Å². The molecule has 1 aromatic rings. The smallest absolute Gasteiger partial charge is 0.282 e. The van der Waals surface area contributed by atoms with Gasteiger partial charge in [0.1, 0.15) is 6.04 Å². The van der Waals surface area contributed by atoms with Crippen LogP contribution in [0.4, 0.5) is 0 Å². The van der Waals surface area contributed by atoms with Gasteiger partial charge in [-0.15, -0.1) is 0 Å². The Bertz CT molecular complexity index is 892. The van der Waals surface area contributed by atoms with Gasteiger partial charge in [0.05, 0.1) is 31.1 Å². The minimum Gasteiger partial charge on any atom is -0.498 e. The van der Waals surface area contributed by atoms with Crippen LogP contribution in [0.1, 0.15) is 45.7 Å². The molecular formula is C25H33N3O2. The number of hydrogen-bond acceptors (Lipinski definition) is 4. The molecule has 0 aliphatic heterocycles. The Hall–Kier alpha value is -3.26. The highest BCUT2D eigenvalue weighted by molar-refractivity contribution is 5.73. The van der Waals surface area contributed by atoms with Crippen LogP contribution in [-0.4, -0.2) is 25.8 Å². The van der Waals surface area contributed by atoms with E-state index in [9.17, 15) is 0 Å². The van der Waals surface area contributed by atoms with Crippen molar-refractivity contribution >= 4 is 11.6 Å². The number of allylic oxidation sites excluding steroid dienone is 2. The molecule has 0 spiro atoms. The van der Waals surface area contributed by atoms with Gasteiger partial charge >= 0.3 is 0 Å². The van der Waals surface area contributed by atoms with E-state index in [0.717, 1.165) is 16.9 Å². The number of benzene rings is 1. The number of rotatable bonds is 8. The maximum Gasteiger partial charge on any atom is 0.282 e. The molecule has 0 amide bonds. The second-order valence-electron chi connectivity index (χ2n) is 8.34. The molecule has 30 heavy (non-hydrogen) atoms. The molecule has 1 rings (SSSR count). The number of nitrogens with zero attached hydrogens (tertiary/aromatic N) is 2. The van der Waals surface area contributed by atoms with Crippen LogP contribution in [0.5, 0.6) is 0 Å². The molecule has 1 aromatic carbocycles. The van der Waals surface area contributed by atoms with Crippen molar-refractivity contribution < 1.29 is 9.47 Å². The molecule has 0 radical (unpaired) electrons. The van der Waals surface area contributed by atoms with Gasteiger partial charge < -0.3 is 15.2 Å². The molecule has 0 bridgehead atoms. The number of aliphatic imine (C=N–C) groups is 1. The molecule has 0 aliphatic rings. The summed E-state index contributed by atoms with van der Waals surface area (Å²) < 4.78 is 10.9. The maximum atomic E-state index is 8.97. The minimum absolute atomic E-state index is 0.0494. The van der Waals surface area contributed by atoms with Crippen molar-refractivity contribution in [3.8, 4) is 6.07 Å². The van der Waals surface area contributed by atoms with Crippen molar-refractivity contribution in [1.82, 2.24) is 0 Å². The predicted molar refractivity (Wildman–Crippen MR) is 125 cm³/mol. The van der Waals surface area contributed by atoms with E-state index in [-0.39, 0.29) is 11.4 Å². The average molecular weight is 408 g/mol. The molecule has 5 heteroatoms. The Morgan fingerprint density at radius 1 is 1.17 bits per heavy atom. The third-order valence-corrected chi connectivity index (χ3v) is 4.16. The Labute approximate surface area is 180 Å². The fraction of sp³-hybridized carbons (Fsp3) is 0.360. The lowest BCUT2D eigenvalue weighted by Crippen LogP contribution is -2.20. The summed E-state index contributed by atoms with van der Waals surface area (Å²) in [4.78, 5) is 4.42. The highest BCUT2D eigenvalue weighted by atomic mass is 16.5. The first-order valence-corrected chi connectivity index (χ1v) is 9.71. The normalized spacial score (nSPS) is 14.0. The second kappa shape index (κ2) is 11.1. The molecule has 5 nitrogen and oxygen atoms in total. The number of methoxy groups -OCH3 is 1. The van der Waals surface area contributed by atoms with Crippen molar-refractivity contribution in [3.63, 3.8) is 0 Å². The number of nitrogens with two attached hydrogens (primary N) is 1. The van der Waals surface area contributed by atoms with E-state index in [1.165, 1.54) is 7.11 Å². The van der Waals surface area contributed by atoms with Crippen LogP contribution in [-0.2, 0) is 9.47 Å². The summed E-state index contributed by atoms with van der Waals surface area (Å²) in [7, 11) is 1.47. The number of hydrogen-bond donors (Lipinski definition) is 1. The molecule has 0 aromatic heterocycles. The van der Waals surface area contributed by atoms with Crippen LogP contribution in [0, 0.1) is 16.7 Å². The summed E-state index contributed by atoms with van der Waals surface area (Å²) in [5.41, 5.74) is 9.86. The molecule has 2 N–H and O–H groups in total. The number of nitriles is 1. The van der Waals surface area contributed by atoms with Crippen molar-refractivity contribution in [2.75, 3.05) is 13.7 Å². The molecule has 0 aliphatic carbocycles. The Morgan fingerprint density at radius 2 is 1.73 bits per heavy atom. The summed E-state index contributed by atoms with van der Waals surface area (Å²) in [5, 5.41) is 8.97. The highest BCUT2D eigenvalue weighted by Crippen LogP contribution is 2.23. The van der Waals surface area contributed by atoms with Crippen molar-refractivity contribution in [3.05, 3.63) is 77.6 Å². The van der Waals surface area contributed by atoms with Crippen LogP contribution in [0.15, 0.2) is 71.5 Å². The molecule has 0 heterocycles. The summed E-state index contributed by atoms with van der Waals surface area (Å²) >= 11 is 0. The van der Waals surface area contributed by atoms with Crippen LogP contribution in [0.2, 0.25) is 0 Å². The SMILES string of the molecule is C=C(/C=C(\C)OCC(C)(C)C)C(N=C(N)OC)C(=C)/C=C(\C)c1ccc(C#N)cc1. The van der Waals surface area contributed by atoms with Gasteiger partial charge in [0.15, 0.2) is 0 Å². The average Bonchev–Trinajstić information content (AvgIpc) is 2.69. The molecule has 0 saturated carbocycles. The van der Waals surface area contributed by atoms with Crippen LogP contribution in [0.3, 0.4) is 0 Å². The zero-order chi connectivity index (χ0) is 22.9. The van der Waals surface area contributed by atoms with Crippen LogP contribution in [0.25, 0.3) is 5.57 Å². The first-order valence-electron chi connectivity index (χ1n) is 9.71. The summed E-state index contributed by atoms with van der Waals surface area (Å²) in [6.07, 6.45) is 3.78. The molecule has 1 unspecified atom stereocenters. The zero-order valence-corrected chi connectivity index (χ0v) is 19.0. The molecular weight excluding hydrogens is 374 g/mol. The third kappa shape index (κ3) is 8.40. The first-order chi connectivity index (χ1) is 14.0. The summed E-state index contributed by atoms with van der Waals surface area (Å²) in [6.45, 7) is 19.1. The standard InChI is InChI=1S/C25H33N3O2/c1-17(22-11-9-21(15-26)10-12-22)13-18(2)23(28-24(27)29-8)19(3)14-20(4)30-16-25(5,6)7/h9-14,23H,2-3,16H2,1,4-8H3,(H2,27,28)/b17-13+,20-14+. The van der Waals surface area contributed by atoms with Gasteiger partial charge in [-0.3, -0.25) is 0 Å². The lowest BCUT2D eigenvalue weighted by atomic mass is 9.96. The van der Waals surface area contributed by atoms with E-state index < -0.39 is 6.04 Å². The van der Waals surface area contributed by atoms with Gasteiger partial charge in [-0.25, -0.2) is 4.99 Å².